The number of nitrogens with zero attached hydrogens (tertiary/aromatic N) is 3. The number of aryl methyl sites for hydroxylation is 1. The van der Waals surface area contributed by atoms with Gasteiger partial charge in [0.25, 0.3) is 0 Å². The van der Waals surface area contributed by atoms with Crippen molar-refractivity contribution in [3.8, 4) is 10.6 Å². The average molecular weight is 410 g/mol. The lowest BCUT2D eigenvalue weighted by atomic mass is 10.2. The second-order valence-electron chi connectivity index (χ2n) is 6.17. The first kappa shape index (κ1) is 18.5. The molecular formula is C21H16FN3OS2. The smallest absolute Gasteiger partial charge is 0.239 e. The summed E-state index contributed by atoms with van der Waals surface area (Å²) in [5.41, 5.74) is 3.00. The van der Waals surface area contributed by atoms with E-state index >= 15 is 0 Å². The normalized spacial score (nSPS) is 10.8. The first-order valence-corrected chi connectivity index (χ1v) is 10.4. The number of rotatable bonds is 5. The third-order valence-corrected chi connectivity index (χ3v) is 5.90. The molecule has 4 rings (SSSR count). The second-order valence-corrected chi connectivity index (χ2v) is 7.86. The van der Waals surface area contributed by atoms with Crippen molar-refractivity contribution < 1.29 is 9.18 Å². The fraction of sp³-hybridized carbons (Fsp3) is 0.0952. The lowest BCUT2D eigenvalue weighted by molar-refractivity contribution is -0.117. The monoisotopic (exact) mass is 409 g/mol. The highest BCUT2D eigenvalue weighted by atomic mass is 32.1. The van der Waals surface area contributed by atoms with Crippen LogP contribution in [-0.4, -0.2) is 15.9 Å². The summed E-state index contributed by atoms with van der Waals surface area (Å²) >= 11 is 2.83. The van der Waals surface area contributed by atoms with Crippen molar-refractivity contribution in [2.75, 3.05) is 4.90 Å². The van der Waals surface area contributed by atoms with E-state index in [1.54, 1.807) is 11.0 Å². The Hall–Kier alpha value is -2.90. The molecule has 28 heavy (non-hydrogen) atoms. The maximum atomic E-state index is 13.5. The van der Waals surface area contributed by atoms with Crippen LogP contribution in [0.3, 0.4) is 0 Å². The Bertz CT molecular complexity index is 1110. The number of halogens is 1. The number of anilines is 2. The third kappa shape index (κ3) is 4.00. The van der Waals surface area contributed by atoms with Crippen LogP contribution in [0.1, 0.15) is 11.4 Å². The van der Waals surface area contributed by atoms with Crippen LogP contribution in [0.5, 0.6) is 0 Å². The lowest BCUT2D eigenvalue weighted by Gasteiger charge is -2.19. The highest BCUT2D eigenvalue weighted by Gasteiger charge is 2.22. The summed E-state index contributed by atoms with van der Waals surface area (Å²) < 4.78 is 13.5. The molecule has 0 bridgehead atoms. The van der Waals surface area contributed by atoms with Gasteiger partial charge in [0, 0.05) is 16.3 Å². The molecule has 140 valence electrons. The molecule has 0 saturated carbocycles. The van der Waals surface area contributed by atoms with Gasteiger partial charge in [0.15, 0.2) is 5.13 Å². The van der Waals surface area contributed by atoms with Crippen molar-refractivity contribution in [2.45, 2.75) is 13.3 Å². The van der Waals surface area contributed by atoms with Gasteiger partial charge in [-0.05, 0) is 31.2 Å². The van der Waals surface area contributed by atoms with Gasteiger partial charge >= 0.3 is 0 Å². The summed E-state index contributed by atoms with van der Waals surface area (Å²) in [6, 6.07) is 15.8. The number of aromatic nitrogens is 2. The fourth-order valence-electron chi connectivity index (χ4n) is 2.76. The topological polar surface area (TPSA) is 46.1 Å². The SMILES string of the molecule is Cc1csc(N(C(=O)Cc2csc(-c3cccc(F)c3)n2)c2ccccc2)n1. The number of hydrogen-bond donors (Lipinski definition) is 0. The van der Waals surface area contributed by atoms with E-state index in [0.717, 1.165) is 11.4 Å². The summed E-state index contributed by atoms with van der Waals surface area (Å²) in [4.78, 5) is 23.7. The molecule has 2 aromatic heterocycles. The molecule has 0 atom stereocenters. The van der Waals surface area contributed by atoms with Gasteiger partial charge in [0.1, 0.15) is 10.8 Å². The zero-order chi connectivity index (χ0) is 19.5. The number of carbonyl (C=O) groups excluding carboxylic acids is 1. The Morgan fingerprint density at radius 3 is 2.57 bits per heavy atom. The van der Waals surface area contributed by atoms with Crippen LogP contribution in [0.25, 0.3) is 10.6 Å². The van der Waals surface area contributed by atoms with Gasteiger partial charge in [-0.25, -0.2) is 14.4 Å². The Kier molecular flexibility index (Phi) is 5.27. The minimum atomic E-state index is -0.306. The summed E-state index contributed by atoms with van der Waals surface area (Å²) in [6.45, 7) is 1.90. The van der Waals surface area contributed by atoms with Crippen LogP contribution >= 0.6 is 22.7 Å². The predicted molar refractivity (Wildman–Crippen MR) is 112 cm³/mol. The molecule has 4 nitrogen and oxygen atoms in total. The van der Waals surface area contributed by atoms with E-state index in [2.05, 4.69) is 9.97 Å². The maximum absolute atomic E-state index is 13.5. The molecule has 0 aliphatic heterocycles. The quantitative estimate of drug-likeness (QED) is 0.430. The fourth-order valence-corrected chi connectivity index (χ4v) is 4.41. The molecule has 0 unspecified atom stereocenters. The molecule has 0 aliphatic rings. The van der Waals surface area contributed by atoms with Crippen LogP contribution in [0.15, 0.2) is 65.4 Å². The molecule has 2 heterocycles. The second kappa shape index (κ2) is 8.00. The largest absolute Gasteiger partial charge is 0.274 e. The minimum Gasteiger partial charge on any atom is -0.274 e. The molecule has 4 aromatic rings. The Morgan fingerprint density at radius 2 is 1.86 bits per heavy atom. The van der Waals surface area contributed by atoms with Gasteiger partial charge in [-0.1, -0.05) is 30.3 Å². The Balaban J connectivity index is 1.60. The van der Waals surface area contributed by atoms with Gasteiger partial charge in [-0.15, -0.1) is 22.7 Å². The number of hydrogen-bond acceptors (Lipinski definition) is 5. The number of thiazole rings is 2. The number of carbonyl (C=O) groups is 1. The molecule has 0 N–H and O–H groups in total. The number of amides is 1. The van der Waals surface area contributed by atoms with Crippen LogP contribution in [0.2, 0.25) is 0 Å². The van der Waals surface area contributed by atoms with Gasteiger partial charge in [-0.3, -0.25) is 9.69 Å². The van der Waals surface area contributed by atoms with Crippen LogP contribution in [0.4, 0.5) is 15.2 Å². The van der Waals surface area contributed by atoms with Crippen molar-refractivity contribution in [1.82, 2.24) is 9.97 Å². The third-order valence-electron chi connectivity index (χ3n) is 4.02. The van der Waals surface area contributed by atoms with E-state index < -0.39 is 0 Å². The molecule has 0 radical (unpaired) electrons. The first-order chi connectivity index (χ1) is 13.6. The van der Waals surface area contributed by atoms with Gasteiger partial charge in [0.2, 0.25) is 5.91 Å². The van der Waals surface area contributed by atoms with E-state index in [-0.39, 0.29) is 18.1 Å². The molecule has 0 saturated heterocycles. The zero-order valence-corrected chi connectivity index (χ0v) is 16.6. The van der Waals surface area contributed by atoms with Gasteiger partial charge < -0.3 is 0 Å². The van der Waals surface area contributed by atoms with E-state index in [4.69, 9.17) is 0 Å². The van der Waals surface area contributed by atoms with E-state index in [0.29, 0.717) is 21.4 Å². The predicted octanol–water partition coefficient (Wildman–Crippen LogP) is 5.62. The van der Waals surface area contributed by atoms with Gasteiger partial charge in [0.05, 0.1) is 23.5 Å². The van der Waals surface area contributed by atoms with E-state index in [9.17, 15) is 9.18 Å². The maximum Gasteiger partial charge on any atom is 0.239 e. The lowest BCUT2D eigenvalue weighted by Crippen LogP contribution is -2.27. The summed E-state index contributed by atoms with van der Waals surface area (Å²) in [7, 11) is 0. The van der Waals surface area contributed by atoms with Crippen LogP contribution in [-0.2, 0) is 11.2 Å². The molecule has 0 aliphatic carbocycles. The number of benzene rings is 2. The van der Waals surface area contributed by atoms with E-state index in [1.165, 1.54) is 34.8 Å². The zero-order valence-electron chi connectivity index (χ0n) is 15.0. The van der Waals surface area contributed by atoms with Crippen molar-refractivity contribution in [1.29, 1.82) is 0 Å². The van der Waals surface area contributed by atoms with E-state index in [1.807, 2.05) is 54.1 Å². The molecule has 1 amide bonds. The molecular weight excluding hydrogens is 393 g/mol. The summed E-state index contributed by atoms with van der Waals surface area (Å²) in [6.07, 6.45) is 0.138. The Labute approximate surface area is 170 Å². The number of para-hydroxylation sites is 1. The average Bonchev–Trinajstić information content (AvgIpc) is 3.32. The van der Waals surface area contributed by atoms with Gasteiger partial charge in [-0.2, -0.15) is 0 Å². The first-order valence-electron chi connectivity index (χ1n) is 8.60. The summed E-state index contributed by atoms with van der Waals surface area (Å²) in [5.74, 6) is -0.420. The van der Waals surface area contributed by atoms with Crippen molar-refractivity contribution in [3.05, 3.63) is 82.6 Å². The van der Waals surface area contributed by atoms with Crippen LogP contribution in [0, 0.1) is 12.7 Å². The molecule has 2 aromatic carbocycles. The van der Waals surface area contributed by atoms with Crippen LogP contribution < -0.4 is 4.90 Å². The standard InChI is InChI=1S/C21H16FN3OS2/c1-14-12-28-21(23-14)25(18-8-3-2-4-9-18)19(26)11-17-13-27-20(24-17)15-6-5-7-16(22)10-15/h2-10,12-13H,11H2,1H3. The van der Waals surface area contributed by atoms with Crippen molar-refractivity contribution in [3.63, 3.8) is 0 Å². The highest BCUT2D eigenvalue weighted by molar-refractivity contribution is 7.14. The molecule has 7 heteroatoms. The summed E-state index contributed by atoms with van der Waals surface area (Å²) in [5, 5.41) is 5.09. The molecule has 0 fully saturated rings. The molecule has 0 spiro atoms. The van der Waals surface area contributed by atoms with Crippen molar-refractivity contribution >= 4 is 39.4 Å². The van der Waals surface area contributed by atoms with Crippen molar-refractivity contribution in [2.24, 2.45) is 0 Å². The minimum absolute atomic E-state index is 0.114. The highest BCUT2D eigenvalue weighted by Crippen LogP contribution is 2.30. The Morgan fingerprint density at radius 1 is 1.04 bits per heavy atom.